The zero-order chi connectivity index (χ0) is 19.4. The molecule has 2 aromatic carbocycles. The monoisotopic (exact) mass is 363 g/mol. The van der Waals surface area contributed by atoms with Gasteiger partial charge < -0.3 is 15.6 Å². The first-order valence-electron chi connectivity index (χ1n) is 9.18. The van der Waals surface area contributed by atoms with Crippen molar-refractivity contribution in [3.8, 4) is 0 Å². The fraction of sp³-hybridized carbons (Fsp3) is 0.273. The quantitative estimate of drug-likeness (QED) is 0.597. The molecule has 0 atom stereocenters. The summed E-state index contributed by atoms with van der Waals surface area (Å²) in [6, 6.07) is 15.2. The van der Waals surface area contributed by atoms with Crippen LogP contribution in [0.2, 0.25) is 0 Å². The summed E-state index contributed by atoms with van der Waals surface area (Å²) in [5.41, 5.74) is 4.50. The van der Waals surface area contributed by atoms with Crippen LogP contribution in [0.4, 0.5) is 11.4 Å². The van der Waals surface area contributed by atoms with Crippen molar-refractivity contribution >= 4 is 34.1 Å². The average Bonchev–Trinajstić information content (AvgIpc) is 2.91. The zero-order valence-electron chi connectivity index (χ0n) is 15.9. The number of hydrogen-bond acceptors (Lipinski definition) is 2. The van der Waals surface area contributed by atoms with Crippen molar-refractivity contribution < 1.29 is 9.59 Å². The number of anilines is 2. The number of aryl methyl sites for hydroxylation is 1. The van der Waals surface area contributed by atoms with E-state index < -0.39 is 0 Å². The van der Waals surface area contributed by atoms with Crippen LogP contribution in [0.5, 0.6) is 0 Å². The van der Waals surface area contributed by atoms with Crippen molar-refractivity contribution in [1.82, 2.24) is 4.98 Å². The fourth-order valence-electron chi connectivity index (χ4n) is 3.15. The number of carbonyl (C=O) groups is 2. The van der Waals surface area contributed by atoms with Gasteiger partial charge in [-0.1, -0.05) is 32.0 Å². The molecule has 0 aliphatic carbocycles. The van der Waals surface area contributed by atoms with E-state index in [1.165, 1.54) is 0 Å². The number of carbonyl (C=O) groups excluding carboxylic acids is 2. The molecule has 0 saturated carbocycles. The number of amides is 2. The van der Waals surface area contributed by atoms with Gasteiger partial charge >= 0.3 is 0 Å². The van der Waals surface area contributed by atoms with E-state index in [0.29, 0.717) is 24.4 Å². The van der Waals surface area contributed by atoms with Crippen LogP contribution < -0.4 is 10.6 Å². The number of H-pyrrole nitrogens is 1. The van der Waals surface area contributed by atoms with Gasteiger partial charge in [-0.15, -0.1) is 0 Å². The van der Waals surface area contributed by atoms with E-state index in [1.807, 2.05) is 45.0 Å². The summed E-state index contributed by atoms with van der Waals surface area (Å²) in [6.45, 7) is 6.00. The van der Waals surface area contributed by atoms with Crippen LogP contribution in [0, 0.1) is 12.8 Å². The Morgan fingerprint density at radius 2 is 1.52 bits per heavy atom. The molecule has 5 heteroatoms. The summed E-state index contributed by atoms with van der Waals surface area (Å²) < 4.78 is 0. The minimum atomic E-state index is -0.0700. The molecule has 3 aromatic rings. The van der Waals surface area contributed by atoms with Crippen LogP contribution in [0.3, 0.4) is 0 Å². The van der Waals surface area contributed by atoms with E-state index in [4.69, 9.17) is 0 Å². The van der Waals surface area contributed by atoms with E-state index in [0.717, 1.165) is 27.8 Å². The van der Waals surface area contributed by atoms with Crippen molar-refractivity contribution in [2.75, 3.05) is 10.6 Å². The third kappa shape index (κ3) is 4.76. The topological polar surface area (TPSA) is 74.0 Å². The first kappa shape index (κ1) is 18.7. The maximum atomic E-state index is 12.5. The summed E-state index contributed by atoms with van der Waals surface area (Å²) in [5, 5.41) is 6.86. The lowest BCUT2D eigenvalue weighted by Gasteiger charge is -2.09. The number of fused-ring (bicyclic) bond motifs is 1. The molecular formula is C22H25N3O2. The molecule has 0 unspecified atom stereocenters. The van der Waals surface area contributed by atoms with Gasteiger partial charge in [-0.3, -0.25) is 9.59 Å². The summed E-state index contributed by atoms with van der Waals surface area (Å²) in [7, 11) is 0. The normalized spacial score (nSPS) is 11.0. The predicted octanol–water partition coefficient (Wildman–Crippen LogP) is 4.64. The minimum absolute atomic E-state index is 0.00315. The Morgan fingerprint density at radius 1 is 0.926 bits per heavy atom. The lowest BCUT2D eigenvalue weighted by atomic mass is 10.1. The Hall–Kier alpha value is -3.08. The van der Waals surface area contributed by atoms with Crippen LogP contribution >= 0.6 is 0 Å². The summed E-state index contributed by atoms with van der Waals surface area (Å²) in [6.07, 6.45) is 0.797. The van der Waals surface area contributed by atoms with Gasteiger partial charge in [0.25, 0.3) is 0 Å². The molecule has 27 heavy (non-hydrogen) atoms. The average molecular weight is 363 g/mol. The Morgan fingerprint density at radius 3 is 2.15 bits per heavy atom. The van der Waals surface area contributed by atoms with Crippen LogP contribution in [-0.4, -0.2) is 16.8 Å². The molecule has 140 valence electrons. The second-order valence-corrected chi connectivity index (χ2v) is 7.22. The largest absolute Gasteiger partial charge is 0.358 e. The highest BCUT2D eigenvalue weighted by molar-refractivity contribution is 5.97. The number of aromatic nitrogens is 1. The van der Waals surface area contributed by atoms with Crippen LogP contribution in [0.25, 0.3) is 10.9 Å². The molecule has 0 aliphatic rings. The molecule has 0 bridgehead atoms. The maximum absolute atomic E-state index is 12.5. The van der Waals surface area contributed by atoms with Gasteiger partial charge in [0.15, 0.2) is 0 Å². The van der Waals surface area contributed by atoms with Crippen LogP contribution in [0.1, 0.15) is 31.5 Å². The number of aromatic amines is 1. The molecule has 2 amide bonds. The van der Waals surface area contributed by atoms with Crippen LogP contribution in [0.15, 0.2) is 48.5 Å². The molecule has 3 N–H and O–H groups in total. The third-order valence-electron chi connectivity index (χ3n) is 4.41. The number of rotatable bonds is 6. The minimum Gasteiger partial charge on any atom is -0.358 e. The highest BCUT2D eigenvalue weighted by Gasteiger charge is 2.12. The molecule has 1 aromatic heterocycles. The molecule has 0 spiro atoms. The molecule has 0 radical (unpaired) electrons. The highest BCUT2D eigenvalue weighted by atomic mass is 16.2. The molecular weight excluding hydrogens is 338 g/mol. The molecule has 0 fully saturated rings. The smallest absolute Gasteiger partial charge is 0.228 e. The Bertz CT molecular complexity index is 955. The summed E-state index contributed by atoms with van der Waals surface area (Å²) in [4.78, 5) is 27.6. The van der Waals surface area contributed by atoms with Crippen molar-refractivity contribution in [3.05, 3.63) is 59.8 Å². The van der Waals surface area contributed by atoms with Crippen molar-refractivity contribution in [2.24, 2.45) is 5.92 Å². The zero-order valence-corrected chi connectivity index (χ0v) is 15.9. The van der Waals surface area contributed by atoms with Gasteiger partial charge in [0.1, 0.15) is 0 Å². The van der Waals surface area contributed by atoms with E-state index in [1.54, 1.807) is 24.3 Å². The van der Waals surface area contributed by atoms with E-state index >= 15 is 0 Å². The van der Waals surface area contributed by atoms with Gasteiger partial charge in [-0.05, 0) is 48.7 Å². The molecule has 1 heterocycles. The van der Waals surface area contributed by atoms with E-state index in [-0.39, 0.29) is 11.8 Å². The van der Waals surface area contributed by atoms with Crippen molar-refractivity contribution in [3.63, 3.8) is 0 Å². The molecule has 5 nitrogen and oxygen atoms in total. The molecule has 3 rings (SSSR count). The van der Waals surface area contributed by atoms with Gasteiger partial charge in [0.05, 0.1) is 6.42 Å². The maximum Gasteiger partial charge on any atom is 0.228 e. The SMILES string of the molecule is Cc1[nH]c2ccccc2c1CC(=O)Nc1ccc(NC(=O)CC(C)C)cc1. The van der Waals surface area contributed by atoms with E-state index in [2.05, 4.69) is 15.6 Å². The molecule has 0 saturated heterocycles. The lowest BCUT2D eigenvalue weighted by Crippen LogP contribution is -2.15. The van der Waals surface area contributed by atoms with E-state index in [9.17, 15) is 9.59 Å². The number of benzene rings is 2. The molecule has 0 aliphatic heterocycles. The van der Waals surface area contributed by atoms with Crippen molar-refractivity contribution in [1.29, 1.82) is 0 Å². The Kier molecular flexibility index (Phi) is 5.60. The number of nitrogens with one attached hydrogen (secondary N) is 3. The Balaban J connectivity index is 1.62. The van der Waals surface area contributed by atoms with Gasteiger partial charge in [0, 0.05) is 34.4 Å². The summed E-state index contributed by atoms with van der Waals surface area (Å²) in [5.74, 6) is 0.243. The lowest BCUT2D eigenvalue weighted by molar-refractivity contribution is -0.117. The third-order valence-corrected chi connectivity index (χ3v) is 4.41. The Labute approximate surface area is 159 Å². The fourth-order valence-corrected chi connectivity index (χ4v) is 3.15. The number of para-hydroxylation sites is 1. The first-order chi connectivity index (χ1) is 12.9. The van der Waals surface area contributed by atoms with Crippen molar-refractivity contribution in [2.45, 2.75) is 33.6 Å². The first-order valence-corrected chi connectivity index (χ1v) is 9.18. The van der Waals surface area contributed by atoms with Gasteiger partial charge in [-0.25, -0.2) is 0 Å². The predicted molar refractivity (Wildman–Crippen MR) is 110 cm³/mol. The van der Waals surface area contributed by atoms with Gasteiger partial charge in [0.2, 0.25) is 11.8 Å². The summed E-state index contributed by atoms with van der Waals surface area (Å²) >= 11 is 0. The highest BCUT2D eigenvalue weighted by Crippen LogP contribution is 2.23. The van der Waals surface area contributed by atoms with Crippen LogP contribution in [-0.2, 0) is 16.0 Å². The van der Waals surface area contributed by atoms with Gasteiger partial charge in [-0.2, -0.15) is 0 Å². The second-order valence-electron chi connectivity index (χ2n) is 7.22. The standard InChI is InChI=1S/C22H25N3O2/c1-14(2)12-21(26)24-16-8-10-17(11-9-16)25-22(27)13-19-15(3)23-20-7-5-4-6-18(19)20/h4-11,14,23H,12-13H2,1-3H3,(H,24,26)(H,25,27). The second kappa shape index (κ2) is 8.08. The number of hydrogen-bond donors (Lipinski definition) is 3.